The minimum Gasteiger partial charge on any atom is -0.344 e. The zero-order chi connectivity index (χ0) is 23.0. The predicted octanol–water partition coefficient (Wildman–Crippen LogP) is 8.18. The van der Waals surface area contributed by atoms with Crippen LogP contribution in [0.1, 0.15) is 59.8 Å². The highest BCUT2D eigenvalue weighted by atomic mass is 19.4. The molecule has 0 spiro atoms. The topological polar surface area (TPSA) is 3.24 Å². The fraction of sp³-hybridized carbons (Fsp3) is 0.500. The standard InChI is InChI=1S/C28H34F3N/c1-18(2)15-27(21-7-5-19(3)6-8-21)32-14-13-23-17-22(9-12-26(23)32)25-11-10-24(16-20(25)4)28(29,30)31/h5,7,9-14,18,20,23,27H,6,8,15-17H2,1-4H3. The highest BCUT2D eigenvalue weighted by molar-refractivity contribution is 5.47. The van der Waals surface area contributed by atoms with Crippen molar-refractivity contribution in [3.8, 4) is 0 Å². The predicted molar refractivity (Wildman–Crippen MR) is 126 cm³/mol. The van der Waals surface area contributed by atoms with Gasteiger partial charge in [-0.1, -0.05) is 62.8 Å². The molecule has 0 aromatic heterocycles. The normalized spacial score (nSPS) is 26.7. The smallest absolute Gasteiger partial charge is 0.344 e. The van der Waals surface area contributed by atoms with Crippen LogP contribution in [0, 0.1) is 17.8 Å². The van der Waals surface area contributed by atoms with Crippen molar-refractivity contribution in [3.63, 3.8) is 0 Å². The molecule has 0 bridgehead atoms. The summed E-state index contributed by atoms with van der Waals surface area (Å²) in [6, 6.07) is 0.367. The summed E-state index contributed by atoms with van der Waals surface area (Å²) in [5.41, 5.74) is 6.06. The lowest BCUT2D eigenvalue weighted by Crippen LogP contribution is -2.33. The van der Waals surface area contributed by atoms with Crippen LogP contribution in [0.2, 0.25) is 0 Å². The van der Waals surface area contributed by atoms with E-state index in [9.17, 15) is 13.2 Å². The van der Waals surface area contributed by atoms with Gasteiger partial charge in [0.05, 0.1) is 6.04 Å². The maximum absolute atomic E-state index is 13.1. The van der Waals surface area contributed by atoms with Gasteiger partial charge in [-0.05, 0) is 73.7 Å². The van der Waals surface area contributed by atoms with Crippen LogP contribution in [-0.4, -0.2) is 17.1 Å². The summed E-state index contributed by atoms with van der Waals surface area (Å²) in [4.78, 5) is 2.46. The molecule has 4 rings (SSSR count). The molecule has 3 atom stereocenters. The van der Waals surface area contributed by atoms with Crippen molar-refractivity contribution in [1.82, 2.24) is 4.90 Å². The van der Waals surface area contributed by atoms with Gasteiger partial charge in [0.25, 0.3) is 0 Å². The summed E-state index contributed by atoms with van der Waals surface area (Å²) in [5, 5.41) is 0. The van der Waals surface area contributed by atoms with Gasteiger partial charge in [-0.15, -0.1) is 0 Å². The van der Waals surface area contributed by atoms with Crippen molar-refractivity contribution < 1.29 is 13.2 Å². The number of allylic oxidation sites excluding steroid dienone is 11. The number of alkyl halides is 3. The van der Waals surface area contributed by atoms with Crippen LogP contribution in [0.25, 0.3) is 0 Å². The molecule has 0 radical (unpaired) electrons. The minimum atomic E-state index is -4.23. The number of halogens is 3. The Morgan fingerprint density at radius 2 is 1.78 bits per heavy atom. The molecule has 0 aromatic rings. The zero-order valence-corrected chi connectivity index (χ0v) is 19.5. The molecule has 4 aliphatic rings. The highest BCUT2D eigenvalue weighted by Gasteiger charge is 2.37. The van der Waals surface area contributed by atoms with Gasteiger partial charge in [0.1, 0.15) is 0 Å². The van der Waals surface area contributed by atoms with Crippen molar-refractivity contribution >= 4 is 0 Å². The number of nitrogens with zero attached hydrogens (tertiary/aromatic N) is 1. The van der Waals surface area contributed by atoms with Gasteiger partial charge in [0, 0.05) is 23.4 Å². The monoisotopic (exact) mass is 441 g/mol. The average Bonchev–Trinajstić information content (AvgIpc) is 3.15. The van der Waals surface area contributed by atoms with Crippen molar-refractivity contribution in [1.29, 1.82) is 0 Å². The maximum Gasteiger partial charge on any atom is 0.412 e. The van der Waals surface area contributed by atoms with E-state index >= 15 is 0 Å². The Hall–Kier alpha value is -2.23. The number of fused-ring (bicyclic) bond motifs is 1. The van der Waals surface area contributed by atoms with Crippen LogP contribution in [0.4, 0.5) is 13.2 Å². The second-order valence-corrected chi connectivity index (χ2v) is 10.2. The first-order valence-electron chi connectivity index (χ1n) is 11.9. The van der Waals surface area contributed by atoms with E-state index in [0.29, 0.717) is 17.9 Å². The molecule has 3 aliphatic carbocycles. The summed E-state index contributed by atoms with van der Waals surface area (Å²) in [6.07, 6.45) is 16.5. The van der Waals surface area contributed by atoms with Crippen molar-refractivity contribution in [2.24, 2.45) is 17.8 Å². The molecule has 0 aromatic carbocycles. The van der Waals surface area contributed by atoms with Crippen molar-refractivity contribution in [3.05, 3.63) is 82.3 Å². The second-order valence-electron chi connectivity index (χ2n) is 10.2. The van der Waals surface area contributed by atoms with E-state index in [4.69, 9.17) is 0 Å². The fourth-order valence-electron chi connectivity index (χ4n) is 5.37. The van der Waals surface area contributed by atoms with Gasteiger partial charge in [0.15, 0.2) is 0 Å². The first kappa shape index (κ1) is 22.9. The lowest BCUT2D eigenvalue weighted by Gasteiger charge is -2.36. The third-order valence-electron chi connectivity index (χ3n) is 7.16. The van der Waals surface area contributed by atoms with Crippen LogP contribution >= 0.6 is 0 Å². The van der Waals surface area contributed by atoms with Gasteiger partial charge in [-0.3, -0.25) is 0 Å². The Morgan fingerprint density at radius 3 is 2.41 bits per heavy atom. The molecule has 32 heavy (non-hydrogen) atoms. The third kappa shape index (κ3) is 4.74. The van der Waals surface area contributed by atoms with E-state index in [2.05, 4.69) is 62.3 Å². The fourth-order valence-corrected chi connectivity index (χ4v) is 5.37. The number of rotatable bonds is 5. The van der Waals surface area contributed by atoms with Crippen LogP contribution in [0.3, 0.4) is 0 Å². The molecular weight excluding hydrogens is 407 g/mol. The summed E-state index contributed by atoms with van der Waals surface area (Å²) < 4.78 is 39.3. The van der Waals surface area contributed by atoms with E-state index in [1.807, 2.05) is 6.92 Å². The number of hydrogen-bond acceptors (Lipinski definition) is 1. The average molecular weight is 442 g/mol. The molecule has 0 saturated carbocycles. The quantitative estimate of drug-likeness (QED) is 0.416. The molecule has 3 unspecified atom stereocenters. The molecule has 1 heterocycles. The van der Waals surface area contributed by atoms with E-state index < -0.39 is 11.7 Å². The van der Waals surface area contributed by atoms with Gasteiger partial charge in [0.2, 0.25) is 0 Å². The van der Waals surface area contributed by atoms with Gasteiger partial charge >= 0.3 is 6.18 Å². The summed E-state index contributed by atoms with van der Waals surface area (Å²) in [5.74, 6) is 0.779. The molecule has 0 fully saturated rings. The molecule has 4 heteroatoms. The Bertz CT molecular complexity index is 965. The summed E-state index contributed by atoms with van der Waals surface area (Å²) in [6.45, 7) is 8.66. The first-order valence-corrected chi connectivity index (χ1v) is 11.9. The maximum atomic E-state index is 13.1. The van der Waals surface area contributed by atoms with E-state index in [1.165, 1.54) is 28.5 Å². The summed E-state index contributed by atoms with van der Waals surface area (Å²) >= 11 is 0. The van der Waals surface area contributed by atoms with Crippen LogP contribution in [0.15, 0.2) is 82.3 Å². The molecule has 1 nitrogen and oxygen atoms in total. The van der Waals surface area contributed by atoms with E-state index in [0.717, 1.165) is 31.3 Å². The van der Waals surface area contributed by atoms with Gasteiger partial charge < -0.3 is 4.90 Å². The van der Waals surface area contributed by atoms with Crippen LogP contribution in [0.5, 0.6) is 0 Å². The lowest BCUT2D eigenvalue weighted by atomic mass is 9.79. The second kappa shape index (κ2) is 8.96. The molecule has 172 valence electrons. The lowest BCUT2D eigenvalue weighted by molar-refractivity contribution is -0.0950. The summed E-state index contributed by atoms with van der Waals surface area (Å²) in [7, 11) is 0. The highest BCUT2D eigenvalue weighted by Crippen LogP contribution is 2.44. The van der Waals surface area contributed by atoms with Gasteiger partial charge in [-0.25, -0.2) is 0 Å². The Balaban J connectivity index is 1.59. The largest absolute Gasteiger partial charge is 0.412 e. The van der Waals surface area contributed by atoms with Crippen LogP contribution in [-0.2, 0) is 0 Å². The minimum absolute atomic E-state index is 0.0629. The molecule has 1 aliphatic heterocycles. The van der Waals surface area contributed by atoms with Crippen LogP contribution < -0.4 is 0 Å². The number of hydrogen-bond donors (Lipinski definition) is 0. The van der Waals surface area contributed by atoms with Gasteiger partial charge in [-0.2, -0.15) is 13.2 Å². The first-order chi connectivity index (χ1) is 15.1. The Morgan fingerprint density at radius 1 is 1.00 bits per heavy atom. The molecular formula is C28H34F3N. The van der Waals surface area contributed by atoms with E-state index in [-0.39, 0.29) is 12.3 Å². The zero-order valence-electron chi connectivity index (χ0n) is 19.5. The Labute approximate surface area is 190 Å². The SMILES string of the molecule is CC1=CC=C(C(CC(C)C)N2C=CC3CC(C4=CC=C(C(F)(F)F)CC4C)=CC=C32)CC1. The van der Waals surface area contributed by atoms with E-state index in [1.54, 1.807) is 6.08 Å². The van der Waals surface area contributed by atoms with Crippen molar-refractivity contribution in [2.45, 2.75) is 72.0 Å². The van der Waals surface area contributed by atoms with Crippen molar-refractivity contribution in [2.75, 3.05) is 0 Å². The molecule has 0 saturated heterocycles. The third-order valence-corrected chi connectivity index (χ3v) is 7.16. The Kier molecular flexibility index (Phi) is 6.42. The molecule has 0 N–H and O–H groups in total. The molecule has 0 amide bonds.